The van der Waals surface area contributed by atoms with Gasteiger partial charge in [-0.15, -0.1) is 0 Å². The Hall–Kier alpha value is -2.92. The SMILES string of the molecule is COC(=O)[C@@H](Cc1c2ccccc2cc2ccccc12)NC(=O)[C@H](O)CC(C)C. The number of amides is 1. The summed E-state index contributed by atoms with van der Waals surface area (Å²) in [6, 6.07) is 17.2. The van der Waals surface area contributed by atoms with Crippen molar-refractivity contribution in [3.05, 3.63) is 60.2 Å². The lowest BCUT2D eigenvalue weighted by Gasteiger charge is -2.21. The zero-order chi connectivity index (χ0) is 21.0. The minimum atomic E-state index is -1.16. The van der Waals surface area contributed by atoms with Crippen molar-refractivity contribution < 1.29 is 19.4 Å². The van der Waals surface area contributed by atoms with E-state index in [9.17, 15) is 14.7 Å². The highest BCUT2D eigenvalue weighted by Crippen LogP contribution is 2.29. The molecule has 0 aromatic heterocycles. The Morgan fingerprint density at radius 2 is 1.55 bits per heavy atom. The first-order chi connectivity index (χ1) is 13.9. The summed E-state index contributed by atoms with van der Waals surface area (Å²) >= 11 is 0. The van der Waals surface area contributed by atoms with E-state index in [1.807, 2.05) is 62.4 Å². The second-order valence-corrected chi connectivity index (χ2v) is 7.73. The first-order valence-corrected chi connectivity index (χ1v) is 9.86. The van der Waals surface area contributed by atoms with Crippen LogP contribution in [0.1, 0.15) is 25.8 Å². The van der Waals surface area contributed by atoms with Crippen molar-refractivity contribution >= 4 is 33.4 Å². The number of aliphatic hydroxyl groups is 1. The minimum Gasteiger partial charge on any atom is -0.467 e. The fourth-order valence-electron chi connectivity index (χ4n) is 3.69. The summed E-state index contributed by atoms with van der Waals surface area (Å²) in [5, 5.41) is 17.0. The number of carbonyl (C=O) groups is 2. The Balaban J connectivity index is 2.00. The van der Waals surface area contributed by atoms with Crippen LogP contribution in [0, 0.1) is 5.92 Å². The first kappa shape index (κ1) is 20.8. The quantitative estimate of drug-likeness (QED) is 0.475. The van der Waals surface area contributed by atoms with Gasteiger partial charge in [-0.1, -0.05) is 62.4 Å². The van der Waals surface area contributed by atoms with E-state index >= 15 is 0 Å². The number of methoxy groups -OCH3 is 1. The molecule has 0 radical (unpaired) electrons. The highest BCUT2D eigenvalue weighted by atomic mass is 16.5. The molecule has 0 aliphatic carbocycles. The number of fused-ring (bicyclic) bond motifs is 2. The lowest BCUT2D eigenvalue weighted by Crippen LogP contribution is -2.47. The van der Waals surface area contributed by atoms with Gasteiger partial charge in [0.25, 0.3) is 0 Å². The number of hydrogen-bond donors (Lipinski definition) is 2. The first-order valence-electron chi connectivity index (χ1n) is 9.86. The van der Waals surface area contributed by atoms with E-state index in [1.165, 1.54) is 7.11 Å². The van der Waals surface area contributed by atoms with E-state index in [4.69, 9.17) is 4.74 Å². The van der Waals surface area contributed by atoms with Gasteiger partial charge in [0.2, 0.25) is 5.91 Å². The van der Waals surface area contributed by atoms with Crippen LogP contribution in [0.4, 0.5) is 0 Å². The van der Waals surface area contributed by atoms with Gasteiger partial charge < -0.3 is 15.2 Å². The smallest absolute Gasteiger partial charge is 0.328 e. The van der Waals surface area contributed by atoms with Crippen molar-refractivity contribution in [3.63, 3.8) is 0 Å². The van der Waals surface area contributed by atoms with Crippen LogP contribution in [0.2, 0.25) is 0 Å². The number of ether oxygens (including phenoxy) is 1. The van der Waals surface area contributed by atoms with Crippen LogP contribution in [0.15, 0.2) is 54.6 Å². The van der Waals surface area contributed by atoms with Crippen molar-refractivity contribution in [1.29, 1.82) is 0 Å². The molecule has 0 bridgehead atoms. The zero-order valence-corrected chi connectivity index (χ0v) is 17.0. The third-order valence-corrected chi connectivity index (χ3v) is 5.09. The molecule has 0 aliphatic rings. The summed E-state index contributed by atoms with van der Waals surface area (Å²) in [4.78, 5) is 24.9. The Morgan fingerprint density at radius 1 is 1.00 bits per heavy atom. The Bertz CT molecular complexity index is 974. The van der Waals surface area contributed by atoms with Gasteiger partial charge in [-0.05, 0) is 45.5 Å². The highest BCUT2D eigenvalue weighted by molar-refractivity contribution is 6.02. The number of benzene rings is 3. The molecule has 29 heavy (non-hydrogen) atoms. The molecule has 0 fully saturated rings. The van der Waals surface area contributed by atoms with Gasteiger partial charge in [0.05, 0.1) is 7.11 Å². The topological polar surface area (TPSA) is 75.6 Å². The predicted octanol–water partition coefficient (Wildman–Crippen LogP) is 3.60. The second-order valence-electron chi connectivity index (χ2n) is 7.73. The largest absolute Gasteiger partial charge is 0.467 e. The molecule has 3 aromatic rings. The molecule has 0 aliphatic heterocycles. The zero-order valence-electron chi connectivity index (χ0n) is 17.0. The normalized spacial score (nSPS) is 13.4. The predicted molar refractivity (Wildman–Crippen MR) is 115 cm³/mol. The number of rotatable bonds is 7. The third-order valence-electron chi connectivity index (χ3n) is 5.09. The number of aliphatic hydroxyl groups excluding tert-OH is 1. The molecule has 0 saturated carbocycles. The van der Waals surface area contributed by atoms with Crippen LogP contribution in [0.25, 0.3) is 21.5 Å². The molecular formula is C24H27NO4. The number of nitrogens with one attached hydrogen (secondary N) is 1. The molecule has 2 atom stereocenters. The summed E-state index contributed by atoms with van der Waals surface area (Å²) in [7, 11) is 1.30. The van der Waals surface area contributed by atoms with Gasteiger partial charge in [0, 0.05) is 6.42 Å². The van der Waals surface area contributed by atoms with Crippen LogP contribution in [0.5, 0.6) is 0 Å². The Morgan fingerprint density at radius 3 is 2.07 bits per heavy atom. The maximum atomic E-state index is 12.5. The maximum Gasteiger partial charge on any atom is 0.328 e. The lowest BCUT2D eigenvalue weighted by atomic mass is 9.92. The van der Waals surface area contributed by atoms with Crippen LogP contribution in [0.3, 0.4) is 0 Å². The number of carbonyl (C=O) groups excluding carboxylic acids is 2. The van der Waals surface area contributed by atoms with Crippen LogP contribution in [-0.4, -0.2) is 36.2 Å². The molecular weight excluding hydrogens is 366 g/mol. The molecule has 5 heteroatoms. The van der Waals surface area contributed by atoms with Crippen molar-refractivity contribution in [2.75, 3.05) is 7.11 Å². The highest BCUT2D eigenvalue weighted by Gasteiger charge is 2.27. The molecule has 0 unspecified atom stereocenters. The average Bonchev–Trinajstić information content (AvgIpc) is 2.71. The standard InChI is InChI=1S/C24H27NO4/c1-15(2)12-22(26)23(27)25-21(24(28)29-3)14-20-18-10-6-4-8-16(18)13-17-9-5-7-11-19(17)20/h4-11,13,15,21-22,26H,12,14H2,1-3H3,(H,25,27)/t21-,22-/m1/s1. The molecule has 2 N–H and O–H groups in total. The van der Waals surface area contributed by atoms with Gasteiger partial charge in [-0.3, -0.25) is 4.79 Å². The summed E-state index contributed by atoms with van der Waals surface area (Å²) in [6.07, 6.45) is -0.558. The minimum absolute atomic E-state index is 0.161. The van der Waals surface area contributed by atoms with E-state index in [0.717, 1.165) is 27.1 Å². The summed E-state index contributed by atoms with van der Waals surface area (Å²) in [5.41, 5.74) is 0.966. The maximum absolute atomic E-state index is 12.5. The van der Waals surface area contributed by atoms with Crippen LogP contribution >= 0.6 is 0 Å². The van der Waals surface area contributed by atoms with Crippen molar-refractivity contribution in [3.8, 4) is 0 Å². The van der Waals surface area contributed by atoms with Gasteiger partial charge in [0.1, 0.15) is 12.1 Å². The van der Waals surface area contributed by atoms with E-state index in [1.54, 1.807) is 0 Å². The van der Waals surface area contributed by atoms with E-state index in [0.29, 0.717) is 6.42 Å². The molecule has 5 nitrogen and oxygen atoms in total. The van der Waals surface area contributed by atoms with E-state index in [2.05, 4.69) is 11.4 Å². The van der Waals surface area contributed by atoms with Gasteiger partial charge in [0.15, 0.2) is 0 Å². The van der Waals surface area contributed by atoms with E-state index in [-0.39, 0.29) is 12.3 Å². The van der Waals surface area contributed by atoms with E-state index < -0.39 is 24.0 Å². The number of esters is 1. The molecule has 0 heterocycles. The molecule has 3 rings (SSSR count). The van der Waals surface area contributed by atoms with Crippen molar-refractivity contribution in [2.45, 2.75) is 38.8 Å². The molecule has 0 spiro atoms. The molecule has 0 saturated heterocycles. The second kappa shape index (κ2) is 9.05. The average molecular weight is 393 g/mol. The summed E-state index contributed by atoms with van der Waals surface area (Å²) in [6.45, 7) is 3.85. The molecule has 152 valence electrons. The fraction of sp³-hybridized carbons (Fsp3) is 0.333. The van der Waals surface area contributed by atoms with Gasteiger partial charge >= 0.3 is 5.97 Å². The number of hydrogen-bond acceptors (Lipinski definition) is 4. The summed E-state index contributed by atoms with van der Waals surface area (Å²) < 4.78 is 4.94. The molecule has 1 amide bonds. The monoisotopic (exact) mass is 393 g/mol. The van der Waals surface area contributed by atoms with Crippen molar-refractivity contribution in [1.82, 2.24) is 5.32 Å². The van der Waals surface area contributed by atoms with Crippen LogP contribution < -0.4 is 5.32 Å². The molecule has 3 aromatic carbocycles. The third kappa shape index (κ3) is 4.74. The van der Waals surface area contributed by atoms with Crippen LogP contribution in [-0.2, 0) is 20.7 Å². The van der Waals surface area contributed by atoms with Gasteiger partial charge in [-0.25, -0.2) is 4.79 Å². The Kier molecular flexibility index (Phi) is 6.49. The van der Waals surface area contributed by atoms with Gasteiger partial charge in [-0.2, -0.15) is 0 Å². The Labute approximate surface area is 170 Å². The van der Waals surface area contributed by atoms with Crippen molar-refractivity contribution in [2.24, 2.45) is 5.92 Å². The summed E-state index contributed by atoms with van der Waals surface area (Å²) in [5.74, 6) is -0.930. The fourth-order valence-corrected chi connectivity index (χ4v) is 3.69. The lowest BCUT2D eigenvalue weighted by molar-refractivity contribution is -0.146.